The van der Waals surface area contributed by atoms with E-state index in [2.05, 4.69) is 10.3 Å². The van der Waals surface area contributed by atoms with Gasteiger partial charge in [-0.05, 0) is 52.9 Å². The minimum Gasteiger partial charge on any atom is -0.495 e. The van der Waals surface area contributed by atoms with Crippen LogP contribution in [0.1, 0.15) is 0 Å². The molecular formula is C13H10IN3O3S. The summed E-state index contributed by atoms with van der Waals surface area (Å²) in [5, 5.41) is 7.65. The third-order valence-corrected chi connectivity index (χ3v) is 5.22. The predicted molar refractivity (Wildman–Crippen MR) is 85.8 cm³/mol. The van der Waals surface area contributed by atoms with Crippen LogP contribution in [0.4, 0.5) is 0 Å². The van der Waals surface area contributed by atoms with Crippen LogP contribution in [0.2, 0.25) is 0 Å². The zero-order chi connectivity index (χ0) is 15.0. The molecule has 0 aliphatic rings. The van der Waals surface area contributed by atoms with E-state index >= 15 is 0 Å². The Hall–Kier alpha value is -1.68. The SMILES string of the molecule is COc1ccc(I)cc1S(=O)(=O)n1nnc2ccccc21. The molecule has 1 aromatic heterocycles. The Bertz CT molecular complexity index is 921. The van der Waals surface area contributed by atoms with Gasteiger partial charge in [-0.25, -0.2) is 0 Å². The molecule has 2 aromatic carbocycles. The highest BCUT2D eigenvalue weighted by atomic mass is 127. The fourth-order valence-corrected chi connectivity index (χ4v) is 4.09. The summed E-state index contributed by atoms with van der Waals surface area (Å²) in [6.07, 6.45) is 0. The van der Waals surface area contributed by atoms with E-state index in [0.29, 0.717) is 11.0 Å². The largest absolute Gasteiger partial charge is 0.495 e. The number of hydrogen-bond acceptors (Lipinski definition) is 5. The lowest BCUT2D eigenvalue weighted by Gasteiger charge is -2.10. The van der Waals surface area contributed by atoms with Crippen molar-refractivity contribution in [2.24, 2.45) is 0 Å². The van der Waals surface area contributed by atoms with Gasteiger partial charge in [0.15, 0.2) is 0 Å². The number of halogens is 1. The van der Waals surface area contributed by atoms with Gasteiger partial charge in [0.25, 0.3) is 10.0 Å². The lowest BCUT2D eigenvalue weighted by molar-refractivity contribution is 0.402. The number of ether oxygens (including phenoxy) is 1. The van der Waals surface area contributed by atoms with Gasteiger partial charge in [0.05, 0.1) is 7.11 Å². The van der Waals surface area contributed by atoms with Gasteiger partial charge < -0.3 is 4.74 Å². The molecular weight excluding hydrogens is 405 g/mol. The molecule has 21 heavy (non-hydrogen) atoms. The van der Waals surface area contributed by atoms with Crippen molar-refractivity contribution in [3.8, 4) is 5.75 Å². The number of rotatable bonds is 3. The molecule has 0 fully saturated rings. The Labute approximate surface area is 134 Å². The van der Waals surface area contributed by atoms with Gasteiger partial charge in [0.1, 0.15) is 21.7 Å². The lowest BCUT2D eigenvalue weighted by atomic mass is 10.3. The fraction of sp³-hybridized carbons (Fsp3) is 0.0769. The number of nitrogens with zero attached hydrogens (tertiary/aromatic N) is 3. The minimum atomic E-state index is -3.87. The van der Waals surface area contributed by atoms with Crippen molar-refractivity contribution >= 4 is 43.6 Å². The van der Waals surface area contributed by atoms with Crippen LogP contribution >= 0.6 is 22.6 Å². The highest BCUT2D eigenvalue weighted by molar-refractivity contribution is 14.1. The first kappa shape index (κ1) is 14.3. The maximum Gasteiger partial charge on any atom is 0.288 e. The number of methoxy groups -OCH3 is 1. The van der Waals surface area contributed by atoms with Crippen LogP contribution in [0.25, 0.3) is 11.0 Å². The van der Waals surface area contributed by atoms with Gasteiger partial charge in [-0.3, -0.25) is 0 Å². The van der Waals surface area contributed by atoms with Crippen LogP contribution < -0.4 is 4.74 Å². The fourth-order valence-electron chi connectivity index (χ4n) is 1.97. The van der Waals surface area contributed by atoms with Crippen molar-refractivity contribution in [1.29, 1.82) is 0 Å². The van der Waals surface area contributed by atoms with E-state index in [9.17, 15) is 8.42 Å². The van der Waals surface area contributed by atoms with Crippen LogP contribution in [0.15, 0.2) is 47.4 Å². The van der Waals surface area contributed by atoms with Gasteiger partial charge in [0, 0.05) is 3.57 Å². The van der Waals surface area contributed by atoms with Gasteiger partial charge in [-0.1, -0.05) is 17.3 Å². The van der Waals surface area contributed by atoms with E-state index < -0.39 is 10.0 Å². The van der Waals surface area contributed by atoms with E-state index in [0.717, 1.165) is 7.66 Å². The monoisotopic (exact) mass is 415 g/mol. The van der Waals surface area contributed by atoms with Crippen molar-refractivity contribution < 1.29 is 13.2 Å². The van der Waals surface area contributed by atoms with Gasteiger partial charge in [0.2, 0.25) is 0 Å². The standard InChI is InChI=1S/C13H10IN3O3S/c1-20-12-7-6-9(14)8-13(12)21(18,19)17-11-5-3-2-4-10(11)15-16-17/h2-8H,1H3. The first-order valence-corrected chi connectivity index (χ1v) is 8.45. The maximum absolute atomic E-state index is 12.8. The Morgan fingerprint density at radius 2 is 1.95 bits per heavy atom. The van der Waals surface area contributed by atoms with Gasteiger partial charge >= 0.3 is 0 Å². The van der Waals surface area contributed by atoms with Crippen molar-refractivity contribution in [1.82, 2.24) is 14.4 Å². The molecule has 6 nitrogen and oxygen atoms in total. The summed E-state index contributed by atoms with van der Waals surface area (Å²) in [4.78, 5) is 0.0625. The molecule has 0 N–H and O–H groups in total. The number of fused-ring (bicyclic) bond motifs is 1. The number of aromatic nitrogens is 3. The van der Waals surface area contributed by atoms with Crippen LogP contribution in [-0.2, 0) is 10.0 Å². The van der Waals surface area contributed by atoms with Gasteiger partial charge in [-0.15, -0.1) is 9.19 Å². The first-order valence-electron chi connectivity index (χ1n) is 5.93. The molecule has 3 rings (SSSR count). The van der Waals surface area contributed by atoms with E-state index in [4.69, 9.17) is 4.74 Å². The molecule has 0 aliphatic carbocycles. The Morgan fingerprint density at radius 3 is 2.71 bits per heavy atom. The van der Waals surface area contributed by atoms with Crippen molar-refractivity contribution in [2.45, 2.75) is 4.90 Å². The summed E-state index contributed by atoms with van der Waals surface area (Å²) in [5.74, 6) is 0.273. The number of benzene rings is 2. The predicted octanol–water partition coefficient (Wildman–Crippen LogP) is 2.28. The highest BCUT2D eigenvalue weighted by Crippen LogP contribution is 2.28. The van der Waals surface area contributed by atoms with E-state index in [1.165, 1.54) is 7.11 Å². The van der Waals surface area contributed by atoms with E-state index in [1.807, 2.05) is 22.6 Å². The quantitative estimate of drug-likeness (QED) is 0.614. The Kier molecular flexibility index (Phi) is 3.57. The average molecular weight is 415 g/mol. The molecule has 0 amide bonds. The molecule has 1 heterocycles. The van der Waals surface area contributed by atoms with Crippen LogP contribution in [0, 0.1) is 3.57 Å². The molecule has 8 heteroatoms. The molecule has 0 aliphatic heterocycles. The average Bonchev–Trinajstić information content (AvgIpc) is 2.92. The summed E-state index contributed by atoms with van der Waals surface area (Å²) in [5.41, 5.74) is 0.948. The summed E-state index contributed by atoms with van der Waals surface area (Å²) < 4.78 is 32.5. The van der Waals surface area contributed by atoms with Crippen molar-refractivity contribution in [3.63, 3.8) is 0 Å². The molecule has 0 saturated carbocycles. The summed E-state index contributed by atoms with van der Waals surface area (Å²) in [7, 11) is -2.44. The second-order valence-corrected chi connectivity index (χ2v) is 7.20. The van der Waals surface area contributed by atoms with E-state index in [-0.39, 0.29) is 10.6 Å². The molecule has 3 aromatic rings. The topological polar surface area (TPSA) is 74.1 Å². The van der Waals surface area contributed by atoms with Crippen LogP contribution in [0.5, 0.6) is 5.75 Å². The molecule has 0 atom stereocenters. The third kappa shape index (κ3) is 2.38. The molecule has 0 radical (unpaired) electrons. The Morgan fingerprint density at radius 1 is 1.19 bits per heavy atom. The van der Waals surface area contributed by atoms with E-state index in [1.54, 1.807) is 42.5 Å². The first-order chi connectivity index (χ1) is 10.0. The summed E-state index contributed by atoms with van der Waals surface area (Å²) in [6, 6.07) is 11.8. The minimum absolute atomic E-state index is 0.0625. The number of para-hydroxylation sites is 1. The highest BCUT2D eigenvalue weighted by Gasteiger charge is 2.25. The molecule has 0 unspecified atom stereocenters. The third-order valence-electron chi connectivity index (χ3n) is 2.95. The summed E-state index contributed by atoms with van der Waals surface area (Å²) >= 11 is 2.05. The zero-order valence-electron chi connectivity index (χ0n) is 10.9. The van der Waals surface area contributed by atoms with Crippen molar-refractivity contribution in [2.75, 3.05) is 7.11 Å². The zero-order valence-corrected chi connectivity index (χ0v) is 13.9. The number of hydrogen-bond donors (Lipinski definition) is 0. The second kappa shape index (κ2) is 5.26. The van der Waals surface area contributed by atoms with Crippen molar-refractivity contribution in [3.05, 3.63) is 46.0 Å². The smallest absolute Gasteiger partial charge is 0.288 e. The molecule has 0 saturated heterocycles. The van der Waals surface area contributed by atoms with Gasteiger partial charge in [-0.2, -0.15) is 8.42 Å². The Balaban J connectivity index is 2.28. The molecule has 0 bridgehead atoms. The summed E-state index contributed by atoms with van der Waals surface area (Å²) in [6.45, 7) is 0. The lowest BCUT2D eigenvalue weighted by Crippen LogP contribution is -2.15. The maximum atomic E-state index is 12.8. The normalized spacial score (nSPS) is 11.7. The molecule has 0 spiro atoms. The second-order valence-electron chi connectivity index (χ2n) is 4.22. The van der Waals surface area contributed by atoms with Crippen LogP contribution in [-0.4, -0.2) is 29.9 Å². The molecule has 108 valence electrons. The van der Waals surface area contributed by atoms with Crippen LogP contribution in [0.3, 0.4) is 0 Å².